The van der Waals surface area contributed by atoms with Crippen LogP contribution in [0.5, 0.6) is 0 Å². The fourth-order valence-electron chi connectivity index (χ4n) is 3.17. The average Bonchev–Trinajstić information content (AvgIpc) is 3.35. The molecule has 0 saturated carbocycles. The lowest BCUT2D eigenvalue weighted by Gasteiger charge is -2.12. The number of aromatic nitrogens is 4. The Kier molecular flexibility index (Phi) is 9.94. The number of halogens is 4. The number of nitrogens with zero attached hydrogens (tertiary/aromatic N) is 5. The first-order valence-electron chi connectivity index (χ1n) is 11.5. The van der Waals surface area contributed by atoms with Crippen LogP contribution in [0.25, 0.3) is 0 Å². The number of unbranched alkanes of at least 4 members (excludes halogenated alkanes) is 1. The maximum absolute atomic E-state index is 13.1. The molecule has 3 heterocycles. The Morgan fingerprint density at radius 1 is 1.05 bits per heavy atom. The summed E-state index contributed by atoms with van der Waals surface area (Å²) in [5.74, 6) is -0.941. The van der Waals surface area contributed by atoms with Crippen molar-refractivity contribution in [3.63, 3.8) is 0 Å². The molecule has 1 unspecified atom stereocenters. The molecule has 3 N–H and O–H groups in total. The van der Waals surface area contributed by atoms with E-state index in [1.807, 2.05) is 14.1 Å². The van der Waals surface area contributed by atoms with Crippen molar-refractivity contribution in [2.45, 2.75) is 32.0 Å². The second-order valence-corrected chi connectivity index (χ2v) is 9.95. The van der Waals surface area contributed by atoms with Crippen LogP contribution in [0.2, 0.25) is 5.02 Å². The van der Waals surface area contributed by atoms with Gasteiger partial charge in [-0.05, 0) is 46.5 Å². The minimum Gasteiger partial charge on any atom is -0.370 e. The molecule has 0 radical (unpaired) electrons. The highest BCUT2D eigenvalue weighted by atomic mass is 35.5. The van der Waals surface area contributed by atoms with Crippen molar-refractivity contribution in [2.75, 3.05) is 37.8 Å². The molecule has 0 aliphatic rings. The Bertz CT molecular complexity index is 1270. The molecule has 0 saturated heterocycles. The summed E-state index contributed by atoms with van der Waals surface area (Å²) in [7, 11) is 4.03. The van der Waals surface area contributed by atoms with Gasteiger partial charge < -0.3 is 20.9 Å². The standard InChI is InChI=1S/C23H26ClF3N8O2S/c1-13(33-20(36)16-9-18(32-12-31-16)28-6-4-5-7-35(2)3)22-30-11-17(38-22)21(37)34-19-8-14(23(25,26)27)15(24)10-29-19/h8-13H,4-7H2,1-3H3,(H,33,36)(H,28,31,32)(H,29,34,37). The van der Waals surface area contributed by atoms with E-state index in [1.165, 1.54) is 12.5 Å². The number of carbonyl (C=O) groups is 2. The van der Waals surface area contributed by atoms with Crippen LogP contribution in [0, 0.1) is 0 Å². The number of nitrogens with one attached hydrogen (secondary N) is 3. The van der Waals surface area contributed by atoms with Crippen LogP contribution in [0.3, 0.4) is 0 Å². The zero-order chi connectivity index (χ0) is 27.9. The summed E-state index contributed by atoms with van der Waals surface area (Å²) in [6.07, 6.45) is 0.642. The van der Waals surface area contributed by atoms with E-state index < -0.39 is 34.6 Å². The van der Waals surface area contributed by atoms with E-state index in [-0.39, 0.29) is 16.4 Å². The van der Waals surface area contributed by atoms with Crippen LogP contribution < -0.4 is 16.0 Å². The summed E-state index contributed by atoms with van der Waals surface area (Å²) < 4.78 is 39.2. The number of carbonyl (C=O) groups excluding carboxylic acids is 2. The van der Waals surface area contributed by atoms with Gasteiger partial charge in [-0.2, -0.15) is 13.2 Å². The number of thiazole rings is 1. The summed E-state index contributed by atoms with van der Waals surface area (Å²) in [6, 6.07) is 1.62. The molecule has 0 aliphatic carbocycles. The molecule has 15 heteroatoms. The van der Waals surface area contributed by atoms with Crippen molar-refractivity contribution >= 4 is 46.4 Å². The molecule has 10 nitrogen and oxygen atoms in total. The zero-order valence-corrected chi connectivity index (χ0v) is 22.3. The first-order valence-corrected chi connectivity index (χ1v) is 12.6. The third-order valence-electron chi connectivity index (χ3n) is 5.11. The number of amides is 2. The largest absolute Gasteiger partial charge is 0.418 e. The van der Waals surface area contributed by atoms with Crippen molar-refractivity contribution in [1.82, 2.24) is 30.2 Å². The average molecular weight is 571 g/mol. The Labute approximate surface area is 226 Å². The van der Waals surface area contributed by atoms with Crippen molar-refractivity contribution in [1.29, 1.82) is 0 Å². The molecule has 3 rings (SSSR count). The number of pyridine rings is 1. The van der Waals surface area contributed by atoms with E-state index in [9.17, 15) is 22.8 Å². The van der Waals surface area contributed by atoms with E-state index in [0.29, 0.717) is 23.4 Å². The number of anilines is 2. The van der Waals surface area contributed by atoms with Crippen LogP contribution >= 0.6 is 22.9 Å². The SMILES string of the molecule is CC(NC(=O)c1cc(NCCCCN(C)C)ncn1)c1ncc(C(=O)Nc2cc(C(F)(F)F)c(Cl)cn2)s1. The Hall–Kier alpha value is -3.36. The Morgan fingerprint density at radius 2 is 1.82 bits per heavy atom. The Balaban J connectivity index is 1.57. The van der Waals surface area contributed by atoms with Gasteiger partial charge in [0.25, 0.3) is 11.8 Å². The number of hydrogen-bond donors (Lipinski definition) is 3. The van der Waals surface area contributed by atoms with Crippen molar-refractivity contribution in [3.8, 4) is 0 Å². The van der Waals surface area contributed by atoms with E-state index >= 15 is 0 Å². The highest BCUT2D eigenvalue weighted by molar-refractivity contribution is 7.13. The molecule has 0 spiro atoms. The van der Waals surface area contributed by atoms with Crippen LogP contribution in [0.15, 0.2) is 30.9 Å². The van der Waals surface area contributed by atoms with E-state index in [4.69, 9.17) is 11.6 Å². The van der Waals surface area contributed by atoms with Crippen molar-refractivity contribution < 1.29 is 22.8 Å². The molecule has 0 aromatic carbocycles. The molecule has 0 aliphatic heterocycles. The van der Waals surface area contributed by atoms with E-state index in [0.717, 1.165) is 36.9 Å². The minimum absolute atomic E-state index is 0.120. The third kappa shape index (κ3) is 8.33. The minimum atomic E-state index is -4.70. The van der Waals surface area contributed by atoms with Crippen molar-refractivity contribution in [2.24, 2.45) is 0 Å². The predicted octanol–water partition coefficient (Wildman–Crippen LogP) is 4.50. The van der Waals surface area contributed by atoms with Crippen LogP contribution in [-0.4, -0.2) is 63.8 Å². The van der Waals surface area contributed by atoms with Gasteiger partial charge in [-0.3, -0.25) is 9.59 Å². The van der Waals surface area contributed by atoms with Gasteiger partial charge >= 0.3 is 6.18 Å². The third-order valence-corrected chi connectivity index (χ3v) is 6.59. The smallest absolute Gasteiger partial charge is 0.370 e. The van der Waals surface area contributed by atoms with Crippen LogP contribution in [0.4, 0.5) is 24.8 Å². The molecular weight excluding hydrogens is 545 g/mol. The number of rotatable bonds is 11. The van der Waals surface area contributed by atoms with Gasteiger partial charge in [0, 0.05) is 18.8 Å². The molecular formula is C23H26ClF3N8O2S. The quantitative estimate of drug-likeness (QED) is 0.288. The van der Waals surface area contributed by atoms with Gasteiger partial charge in [0.15, 0.2) is 0 Å². The highest BCUT2D eigenvalue weighted by Gasteiger charge is 2.34. The van der Waals surface area contributed by atoms with E-state index in [1.54, 1.807) is 13.0 Å². The zero-order valence-electron chi connectivity index (χ0n) is 20.8. The first kappa shape index (κ1) is 29.2. The molecule has 0 bridgehead atoms. The topological polar surface area (TPSA) is 125 Å². The van der Waals surface area contributed by atoms with Crippen LogP contribution in [0.1, 0.15) is 56.5 Å². The van der Waals surface area contributed by atoms with Gasteiger partial charge in [-0.15, -0.1) is 11.3 Å². The summed E-state index contributed by atoms with van der Waals surface area (Å²) >= 11 is 6.54. The normalized spacial score (nSPS) is 12.3. The molecule has 1 atom stereocenters. The molecule has 204 valence electrons. The van der Waals surface area contributed by atoms with Crippen molar-refractivity contribution in [3.05, 3.63) is 57.0 Å². The maximum atomic E-state index is 13.1. The van der Waals surface area contributed by atoms with Gasteiger partial charge in [-0.25, -0.2) is 19.9 Å². The van der Waals surface area contributed by atoms with E-state index in [2.05, 4.69) is 40.8 Å². The maximum Gasteiger partial charge on any atom is 0.418 e. The summed E-state index contributed by atoms with van der Waals surface area (Å²) in [5.41, 5.74) is -0.954. The summed E-state index contributed by atoms with van der Waals surface area (Å²) in [6.45, 7) is 3.36. The Morgan fingerprint density at radius 3 is 2.53 bits per heavy atom. The van der Waals surface area contributed by atoms with Gasteiger partial charge in [0.05, 0.1) is 22.8 Å². The first-order chi connectivity index (χ1) is 17.9. The number of hydrogen-bond acceptors (Lipinski definition) is 9. The van der Waals surface area contributed by atoms with Crippen LogP contribution in [-0.2, 0) is 6.18 Å². The fraction of sp³-hybridized carbons (Fsp3) is 0.391. The summed E-state index contributed by atoms with van der Waals surface area (Å²) in [5, 5.41) is 8.07. The predicted molar refractivity (Wildman–Crippen MR) is 139 cm³/mol. The molecule has 38 heavy (non-hydrogen) atoms. The van der Waals surface area contributed by atoms with Gasteiger partial charge in [0.1, 0.15) is 33.5 Å². The highest BCUT2D eigenvalue weighted by Crippen LogP contribution is 2.35. The van der Waals surface area contributed by atoms with Gasteiger partial charge in [-0.1, -0.05) is 11.6 Å². The van der Waals surface area contributed by atoms with Gasteiger partial charge in [0.2, 0.25) is 0 Å². The lowest BCUT2D eigenvalue weighted by molar-refractivity contribution is -0.137. The lowest BCUT2D eigenvalue weighted by Crippen LogP contribution is -2.27. The monoisotopic (exact) mass is 570 g/mol. The molecule has 2 amide bonds. The molecule has 3 aromatic heterocycles. The fourth-order valence-corrected chi connectivity index (χ4v) is 4.20. The molecule has 3 aromatic rings. The number of alkyl halides is 3. The second kappa shape index (κ2) is 12.9. The summed E-state index contributed by atoms with van der Waals surface area (Å²) in [4.78, 5) is 43.5. The second-order valence-electron chi connectivity index (χ2n) is 8.48. The lowest BCUT2D eigenvalue weighted by atomic mass is 10.2. The molecule has 0 fully saturated rings.